The highest BCUT2D eigenvalue weighted by Crippen LogP contribution is 2.22. The van der Waals surface area contributed by atoms with Gasteiger partial charge in [-0.25, -0.2) is 4.98 Å². The van der Waals surface area contributed by atoms with Crippen molar-refractivity contribution in [3.63, 3.8) is 0 Å². The molecule has 5 heteroatoms. The average molecular weight is 229 g/mol. The van der Waals surface area contributed by atoms with Crippen LogP contribution < -0.4 is 5.32 Å². The van der Waals surface area contributed by atoms with Gasteiger partial charge in [0.15, 0.2) is 0 Å². The molecule has 1 rings (SSSR count). The Morgan fingerprint density at radius 3 is 2.60 bits per heavy atom. The third-order valence-electron chi connectivity index (χ3n) is 2.50. The summed E-state index contributed by atoms with van der Waals surface area (Å²) in [7, 11) is 0. The highest BCUT2D eigenvalue weighted by Gasteiger charge is 2.22. The fourth-order valence-electron chi connectivity index (χ4n) is 1.02. The Hall–Kier alpha value is -0.680. The topological polar surface area (TPSA) is 58.0 Å². The fraction of sp³-hybridized carbons (Fsp3) is 0.800. The summed E-state index contributed by atoms with van der Waals surface area (Å²) in [6.45, 7) is 8.24. The molecule has 1 aromatic rings. The predicted molar refractivity (Wildman–Crippen MR) is 63.4 cm³/mol. The standard InChI is InChI=1S/C10H19N3OS/c1-5-10(4,6-14)12-9-11-8(7(2)3)13-15-9/h7,14H,5-6H2,1-4H3,(H,11,12,13). The first-order valence-corrected chi connectivity index (χ1v) is 6.00. The molecule has 0 aliphatic carbocycles. The Labute approximate surface area is 94.9 Å². The lowest BCUT2D eigenvalue weighted by molar-refractivity contribution is 0.219. The van der Waals surface area contributed by atoms with Crippen LogP contribution in [-0.4, -0.2) is 26.6 Å². The van der Waals surface area contributed by atoms with Crippen LogP contribution in [0.1, 0.15) is 45.9 Å². The lowest BCUT2D eigenvalue weighted by Gasteiger charge is -2.26. The van der Waals surface area contributed by atoms with Gasteiger partial charge < -0.3 is 10.4 Å². The van der Waals surface area contributed by atoms with Gasteiger partial charge >= 0.3 is 0 Å². The van der Waals surface area contributed by atoms with E-state index in [0.717, 1.165) is 17.4 Å². The summed E-state index contributed by atoms with van der Waals surface area (Å²) in [5.41, 5.74) is -0.298. The van der Waals surface area contributed by atoms with Crippen molar-refractivity contribution in [3.8, 4) is 0 Å². The summed E-state index contributed by atoms with van der Waals surface area (Å²) < 4.78 is 4.25. The maximum absolute atomic E-state index is 9.26. The molecule has 0 saturated carbocycles. The monoisotopic (exact) mass is 229 g/mol. The molecule has 0 amide bonds. The molecule has 2 N–H and O–H groups in total. The predicted octanol–water partition coefficient (Wildman–Crippen LogP) is 2.23. The number of nitrogens with zero attached hydrogens (tertiary/aromatic N) is 2. The number of hydrogen-bond acceptors (Lipinski definition) is 5. The normalized spacial score (nSPS) is 15.3. The summed E-state index contributed by atoms with van der Waals surface area (Å²) in [5.74, 6) is 1.21. The van der Waals surface area contributed by atoms with Crippen molar-refractivity contribution in [1.29, 1.82) is 0 Å². The molecular weight excluding hydrogens is 210 g/mol. The second kappa shape index (κ2) is 4.90. The highest BCUT2D eigenvalue weighted by molar-refractivity contribution is 7.09. The molecule has 1 heterocycles. The first-order chi connectivity index (χ1) is 7.00. The van der Waals surface area contributed by atoms with E-state index in [1.54, 1.807) is 0 Å². The van der Waals surface area contributed by atoms with E-state index in [4.69, 9.17) is 0 Å². The first-order valence-electron chi connectivity index (χ1n) is 5.23. The Morgan fingerprint density at radius 2 is 2.20 bits per heavy atom. The van der Waals surface area contributed by atoms with Crippen LogP contribution in [0.2, 0.25) is 0 Å². The SMILES string of the molecule is CCC(C)(CO)Nc1nc(C(C)C)ns1. The zero-order chi connectivity index (χ0) is 11.5. The molecule has 0 bridgehead atoms. The number of nitrogens with one attached hydrogen (secondary N) is 1. The van der Waals surface area contributed by atoms with Gasteiger partial charge in [0.2, 0.25) is 5.13 Å². The lowest BCUT2D eigenvalue weighted by Crippen LogP contribution is -2.37. The molecule has 0 aromatic carbocycles. The van der Waals surface area contributed by atoms with Crippen LogP contribution in [0.5, 0.6) is 0 Å². The largest absolute Gasteiger partial charge is 0.394 e. The first kappa shape index (κ1) is 12.4. The quantitative estimate of drug-likeness (QED) is 0.813. The van der Waals surface area contributed by atoms with Crippen molar-refractivity contribution >= 4 is 16.7 Å². The summed E-state index contributed by atoms with van der Waals surface area (Å²) >= 11 is 1.35. The third-order valence-corrected chi connectivity index (χ3v) is 3.14. The van der Waals surface area contributed by atoms with Crippen LogP contribution in [0.3, 0.4) is 0 Å². The summed E-state index contributed by atoms with van der Waals surface area (Å²) in [4.78, 5) is 4.38. The summed E-state index contributed by atoms with van der Waals surface area (Å²) in [6.07, 6.45) is 0.847. The summed E-state index contributed by atoms with van der Waals surface area (Å²) in [6, 6.07) is 0. The molecule has 0 saturated heterocycles. The molecule has 1 unspecified atom stereocenters. The van der Waals surface area contributed by atoms with Crippen molar-refractivity contribution < 1.29 is 5.11 Å². The van der Waals surface area contributed by atoms with Gasteiger partial charge in [-0.2, -0.15) is 4.37 Å². The molecule has 1 atom stereocenters. The van der Waals surface area contributed by atoms with Gasteiger partial charge in [0.25, 0.3) is 0 Å². The number of aliphatic hydroxyl groups excluding tert-OH is 1. The van der Waals surface area contributed by atoms with Gasteiger partial charge in [0.05, 0.1) is 12.1 Å². The van der Waals surface area contributed by atoms with E-state index in [2.05, 4.69) is 28.5 Å². The number of rotatable bonds is 5. The molecule has 0 radical (unpaired) electrons. The maximum Gasteiger partial charge on any atom is 0.203 e. The van der Waals surface area contributed by atoms with Crippen LogP contribution in [0.15, 0.2) is 0 Å². The van der Waals surface area contributed by atoms with Crippen LogP contribution in [-0.2, 0) is 0 Å². The molecule has 0 aliphatic heterocycles. The molecule has 15 heavy (non-hydrogen) atoms. The third kappa shape index (κ3) is 3.14. The second-order valence-corrected chi connectivity index (χ2v) is 5.06. The maximum atomic E-state index is 9.26. The molecule has 1 aromatic heterocycles. The minimum absolute atomic E-state index is 0.0973. The van der Waals surface area contributed by atoms with Gasteiger partial charge in [-0.05, 0) is 13.3 Å². The van der Waals surface area contributed by atoms with Gasteiger partial charge in [0, 0.05) is 17.5 Å². The van der Waals surface area contributed by atoms with E-state index in [1.165, 1.54) is 11.5 Å². The number of aromatic nitrogens is 2. The van der Waals surface area contributed by atoms with Crippen LogP contribution in [0.25, 0.3) is 0 Å². The zero-order valence-corrected chi connectivity index (χ0v) is 10.6. The van der Waals surface area contributed by atoms with Crippen molar-refractivity contribution in [2.75, 3.05) is 11.9 Å². The lowest BCUT2D eigenvalue weighted by atomic mass is 10.0. The molecule has 0 fully saturated rings. The molecule has 4 nitrogen and oxygen atoms in total. The Bertz CT molecular complexity index is 307. The van der Waals surface area contributed by atoms with Gasteiger partial charge in [0.1, 0.15) is 5.82 Å². The molecule has 0 aliphatic rings. The molecule has 86 valence electrons. The zero-order valence-electron chi connectivity index (χ0n) is 9.74. The fourth-order valence-corrected chi connectivity index (χ4v) is 1.88. The van der Waals surface area contributed by atoms with E-state index in [9.17, 15) is 5.11 Å². The van der Waals surface area contributed by atoms with Gasteiger partial charge in [-0.15, -0.1) is 0 Å². The minimum atomic E-state index is -0.298. The van der Waals surface area contributed by atoms with E-state index in [1.807, 2.05) is 13.8 Å². The molecule has 0 spiro atoms. The van der Waals surface area contributed by atoms with Crippen LogP contribution in [0, 0.1) is 0 Å². The average Bonchev–Trinajstić information content (AvgIpc) is 2.66. The van der Waals surface area contributed by atoms with Crippen molar-refractivity contribution in [1.82, 2.24) is 9.36 Å². The van der Waals surface area contributed by atoms with Crippen molar-refractivity contribution in [3.05, 3.63) is 5.82 Å². The van der Waals surface area contributed by atoms with E-state index >= 15 is 0 Å². The molecular formula is C10H19N3OS. The van der Waals surface area contributed by atoms with Gasteiger partial charge in [-0.1, -0.05) is 20.8 Å². The van der Waals surface area contributed by atoms with E-state index < -0.39 is 0 Å². The Kier molecular flexibility index (Phi) is 4.04. The van der Waals surface area contributed by atoms with E-state index in [0.29, 0.717) is 5.92 Å². The Morgan fingerprint density at radius 1 is 1.53 bits per heavy atom. The Balaban J connectivity index is 2.72. The number of anilines is 1. The minimum Gasteiger partial charge on any atom is -0.394 e. The smallest absolute Gasteiger partial charge is 0.203 e. The second-order valence-electron chi connectivity index (χ2n) is 4.31. The van der Waals surface area contributed by atoms with Crippen molar-refractivity contribution in [2.24, 2.45) is 0 Å². The van der Waals surface area contributed by atoms with Gasteiger partial charge in [-0.3, -0.25) is 0 Å². The van der Waals surface area contributed by atoms with Crippen LogP contribution in [0.4, 0.5) is 5.13 Å². The number of aliphatic hydroxyl groups is 1. The van der Waals surface area contributed by atoms with Crippen LogP contribution >= 0.6 is 11.5 Å². The highest BCUT2D eigenvalue weighted by atomic mass is 32.1. The number of hydrogen-bond donors (Lipinski definition) is 2. The summed E-state index contributed by atoms with van der Waals surface area (Å²) in [5, 5.41) is 13.3. The van der Waals surface area contributed by atoms with Crippen molar-refractivity contribution in [2.45, 2.75) is 45.6 Å². The van der Waals surface area contributed by atoms with E-state index in [-0.39, 0.29) is 12.1 Å².